The SMILES string of the molecule is C=C1CC[C@H]2[C@@H]3CCc4cc(O)c(CNCc5ccc(OC)cc5OC)cc4[C@H]3CC[C@]12C. The Hall–Kier alpha value is -2.46. The van der Waals surface area contributed by atoms with Crippen LogP contribution in [0.3, 0.4) is 0 Å². The molecule has 33 heavy (non-hydrogen) atoms. The van der Waals surface area contributed by atoms with Crippen molar-refractivity contribution < 1.29 is 14.6 Å². The summed E-state index contributed by atoms with van der Waals surface area (Å²) in [6.07, 6.45) is 7.34. The summed E-state index contributed by atoms with van der Waals surface area (Å²) in [5.74, 6) is 4.16. The Balaban J connectivity index is 1.33. The van der Waals surface area contributed by atoms with Crippen LogP contribution in [0.1, 0.15) is 67.2 Å². The molecule has 0 saturated heterocycles. The number of aromatic hydroxyl groups is 1. The Kier molecular flexibility index (Phi) is 5.90. The van der Waals surface area contributed by atoms with E-state index in [1.807, 2.05) is 24.3 Å². The molecule has 0 unspecified atom stereocenters. The zero-order chi connectivity index (χ0) is 23.2. The fourth-order valence-electron chi connectivity index (χ4n) is 7.03. The molecule has 176 valence electrons. The van der Waals surface area contributed by atoms with E-state index in [9.17, 15) is 5.11 Å². The molecule has 4 atom stereocenters. The minimum absolute atomic E-state index is 0.345. The van der Waals surface area contributed by atoms with Gasteiger partial charge in [0.2, 0.25) is 0 Å². The lowest BCUT2D eigenvalue weighted by molar-refractivity contribution is 0.0816. The molecule has 2 saturated carbocycles. The number of aryl methyl sites for hydroxylation is 1. The maximum atomic E-state index is 10.8. The van der Waals surface area contributed by atoms with Crippen molar-refractivity contribution in [3.63, 3.8) is 0 Å². The van der Waals surface area contributed by atoms with E-state index in [0.29, 0.717) is 30.2 Å². The van der Waals surface area contributed by atoms with Crippen LogP contribution in [0.5, 0.6) is 17.2 Å². The van der Waals surface area contributed by atoms with Gasteiger partial charge in [0.1, 0.15) is 17.2 Å². The van der Waals surface area contributed by atoms with Crippen LogP contribution < -0.4 is 14.8 Å². The molecule has 3 aliphatic rings. The van der Waals surface area contributed by atoms with Crippen LogP contribution in [0.25, 0.3) is 0 Å². The van der Waals surface area contributed by atoms with Crippen LogP contribution in [-0.4, -0.2) is 19.3 Å². The molecule has 4 heteroatoms. The number of phenols is 1. The third-order valence-corrected chi connectivity index (χ3v) is 9.00. The van der Waals surface area contributed by atoms with E-state index in [2.05, 4.69) is 24.9 Å². The monoisotopic (exact) mass is 447 g/mol. The highest BCUT2D eigenvalue weighted by atomic mass is 16.5. The number of benzene rings is 2. The average molecular weight is 448 g/mol. The van der Waals surface area contributed by atoms with Crippen molar-refractivity contribution in [2.45, 2.75) is 64.5 Å². The molecule has 0 amide bonds. The van der Waals surface area contributed by atoms with E-state index in [0.717, 1.165) is 40.9 Å². The van der Waals surface area contributed by atoms with Crippen LogP contribution in [0.4, 0.5) is 0 Å². The fourth-order valence-corrected chi connectivity index (χ4v) is 7.03. The molecule has 4 nitrogen and oxygen atoms in total. The summed E-state index contributed by atoms with van der Waals surface area (Å²) in [6, 6.07) is 10.2. The van der Waals surface area contributed by atoms with Crippen LogP contribution in [0, 0.1) is 17.3 Å². The van der Waals surface area contributed by atoms with E-state index in [1.165, 1.54) is 48.8 Å². The zero-order valence-corrected chi connectivity index (χ0v) is 20.2. The van der Waals surface area contributed by atoms with E-state index in [1.54, 1.807) is 14.2 Å². The number of phenolic OH excluding ortho intramolecular Hbond substituents is 1. The number of methoxy groups -OCH3 is 2. The highest BCUT2D eigenvalue weighted by Gasteiger charge is 2.51. The Morgan fingerprint density at radius 2 is 1.85 bits per heavy atom. The predicted molar refractivity (Wildman–Crippen MR) is 132 cm³/mol. The topological polar surface area (TPSA) is 50.7 Å². The number of ether oxygens (including phenoxy) is 2. The van der Waals surface area contributed by atoms with Crippen molar-refractivity contribution in [3.8, 4) is 17.2 Å². The molecule has 2 fully saturated rings. The molecule has 0 heterocycles. The van der Waals surface area contributed by atoms with Crippen molar-refractivity contribution in [2.24, 2.45) is 17.3 Å². The third-order valence-electron chi connectivity index (χ3n) is 9.00. The second-order valence-corrected chi connectivity index (χ2v) is 10.5. The number of nitrogens with one attached hydrogen (secondary N) is 1. The van der Waals surface area contributed by atoms with Crippen LogP contribution in [0.15, 0.2) is 42.5 Å². The second-order valence-electron chi connectivity index (χ2n) is 10.5. The van der Waals surface area contributed by atoms with E-state index < -0.39 is 0 Å². The molecule has 2 N–H and O–H groups in total. The van der Waals surface area contributed by atoms with Gasteiger partial charge in [0, 0.05) is 30.3 Å². The first-order chi connectivity index (χ1) is 15.9. The summed E-state index contributed by atoms with van der Waals surface area (Å²) in [4.78, 5) is 0. The lowest BCUT2D eigenvalue weighted by Crippen LogP contribution is -2.40. The molecule has 0 aromatic heterocycles. The van der Waals surface area contributed by atoms with Gasteiger partial charge in [-0.2, -0.15) is 0 Å². The summed E-state index contributed by atoms with van der Waals surface area (Å²) in [5.41, 5.74) is 6.74. The van der Waals surface area contributed by atoms with Gasteiger partial charge < -0.3 is 19.9 Å². The van der Waals surface area contributed by atoms with Crippen molar-refractivity contribution in [1.82, 2.24) is 5.32 Å². The molecule has 2 aromatic carbocycles. The standard InChI is InChI=1S/C29H37NO3/c1-18-5-10-26-24-9-7-19-14-27(31)21(13-25(19)23(24)11-12-29(18,26)2)17-30-16-20-6-8-22(32-3)15-28(20)33-4/h6,8,13-15,23-24,26,30-31H,1,5,7,9-12,16-17H2,2-4H3/t23-,24+,26-,29+/m0/s1. The molecule has 5 rings (SSSR count). The number of fused-ring (bicyclic) bond motifs is 5. The molecule has 0 bridgehead atoms. The lowest BCUT2D eigenvalue weighted by atomic mass is 9.55. The molecule has 0 aliphatic heterocycles. The second kappa shape index (κ2) is 8.72. The highest BCUT2D eigenvalue weighted by molar-refractivity contribution is 5.46. The highest BCUT2D eigenvalue weighted by Crippen LogP contribution is 2.62. The molecular formula is C29H37NO3. The first kappa shape index (κ1) is 22.3. The van der Waals surface area contributed by atoms with Gasteiger partial charge in [0.15, 0.2) is 0 Å². The van der Waals surface area contributed by atoms with Gasteiger partial charge >= 0.3 is 0 Å². The Bertz CT molecular complexity index is 1060. The van der Waals surface area contributed by atoms with Gasteiger partial charge in [-0.1, -0.05) is 31.2 Å². The number of allylic oxidation sites excluding steroid dienone is 1. The van der Waals surface area contributed by atoms with Crippen LogP contribution >= 0.6 is 0 Å². The number of hydrogen-bond donors (Lipinski definition) is 2. The van der Waals surface area contributed by atoms with Gasteiger partial charge in [-0.25, -0.2) is 0 Å². The quantitative estimate of drug-likeness (QED) is 0.525. The molecule has 0 spiro atoms. The first-order valence-electron chi connectivity index (χ1n) is 12.4. The van der Waals surface area contributed by atoms with Crippen molar-refractivity contribution >= 4 is 0 Å². The molecular weight excluding hydrogens is 410 g/mol. The smallest absolute Gasteiger partial charge is 0.127 e. The minimum atomic E-state index is 0.345. The van der Waals surface area contributed by atoms with Crippen molar-refractivity contribution in [1.29, 1.82) is 0 Å². The van der Waals surface area contributed by atoms with Gasteiger partial charge in [0.25, 0.3) is 0 Å². The summed E-state index contributed by atoms with van der Waals surface area (Å²) in [7, 11) is 3.34. The Labute approximate surface area is 198 Å². The summed E-state index contributed by atoms with van der Waals surface area (Å²) < 4.78 is 10.8. The zero-order valence-electron chi connectivity index (χ0n) is 20.2. The van der Waals surface area contributed by atoms with Crippen LogP contribution in [-0.2, 0) is 19.5 Å². The lowest BCUT2D eigenvalue weighted by Gasteiger charge is -2.49. The Morgan fingerprint density at radius 3 is 2.64 bits per heavy atom. The van der Waals surface area contributed by atoms with Gasteiger partial charge in [0.05, 0.1) is 14.2 Å². The normalized spacial score (nSPS) is 28.1. The molecule has 2 aromatic rings. The maximum Gasteiger partial charge on any atom is 0.127 e. The van der Waals surface area contributed by atoms with Gasteiger partial charge in [-0.3, -0.25) is 0 Å². The summed E-state index contributed by atoms with van der Waals surface area (Å²) in [6.45, 7) is 8.21. The summed E-state index contributed by atoms with van der Waals surface area (Å²) in [5, 5.41) is 14.3. The third kappa shape index (κ3) is 3.82. The largest absolute Gasteiger partial charge is 0.508 e. The maximum absolute atomic E-state index is 10.8. The molecule has 3 aliphatic carbocycles. The predicted octanol–water partition coefficient (Wildman–Crippen LogP) is 6.11. The van der Waals surface area contributed by atoms with E-state index in [4.69, 9.17) is 9.47 Å². The van der Waals surface area contributed by atoms with Gasteiger partial charge in [-0.05, 0) is 85.0 Å². The fraction of sp³-hybridized carbons (Fsp3) is 0.517. The van der Waals surface area contributed by atoms with Crippen molar-refractivity contribution in [2.75, 3.05) is 14.2 Å². The first-order valence-corrected chi connectivity index (χ1v) is 12.4. The summed E-state index contributed by atoms with van der Waals surface area (Å²) >= 11 is 0. The van der Waals surface area contributed by atoms with Crippen molar-refractivity contribution in [3.05, 3.63) is 64.7 Å². The average Bonchev–Trinajstić information content (AvgIpc) is 3.13. The van der Waals surface area contributed by atoms with Crippen LogP contribution in [0.2, 0.25) is 0 Å². The molecule has 0 radical (unpaired) electrons. The van der Waals surface area contributed by atoms with Gasteiger partial charge in [-0.15, -0.1) is 0 Å². The van der Waals surface area contributed by atoms with E-state index in [-0.39, 0.29) is 0 Å². The minimum Gasteiger partial charge on any atom is -0.508 e. The van der Waals surface area contributed by atoms with E-state index >= 15 is 0 Å². The number of hydrogen-bond acceptors (Lipinski definition) is 4. The number of rotatable bonds is 6. The Morgan fingerprint density at radius 1 is 1.03 bits per heavy atom.